The first-order valence-corrected chi connectivity index (χ1v) is 12.5. The van der Waals surface area contributed by atoms with E-state index in [0.717, 1.165) is 23.1 Å². The van der Waals surface area contributed by atoms with E-state index in [1.54, 1.807) is 24.3 Å². The number of non-ortho nitro benzene ring substituents is 1. The fraction of sp³-hybridized carbons (Fsp3) is 0.120. The molecule has 0 radical (unpaired) electrons. The molecule has 0 N–H and O–H groups in total. The fourth-order valence-electron chi connectivity index (χ4n) is 3.90. The molecule has 3 aromatic rings. The second-order valence-corrected chi connectivity index (χ2v) is 9.61. The van der Waals surface area contributed by atoms with Gasteiger partial charge in [0.15, 0.2) is 23.0 Å². The van der Waals surface area contributed by atoms with Crippen LogP contribution < -0.4 is 18.9 Å². The van der Waals surface area contributed by atoms with E-state index >= 15 is 0 Å². The van der Waals surface area contributed by atoms with Crippen LogP contribution in [0.4, 0.5) is 16.2 Å². The number of carbonyl (C=O) groups is 2. The summed E-state index contributed by atoms with van der Waals surface area (Å²) in [5.74, 6) is 0.168. The Hall–Kier alpha value is -4.82. The molecule has 0 atom stereocenters. The number of rotatable bonds is 8. The van der Waals surface area contributed by atoms with E-state index in [2.05, 4.69) is 0 Å². The summed E-state index contributed by atoms with van der Waals surface area (Å²) in [5.41, 5.74) is -0.397. The van der Waals surface area contributed by atoms with Crippen LogP contribution in [0.25, 0.3) is 6.08 Å². The third kappa shape index (κ3) is 5.09. The number of thioether (sulfide) groups is 1. The molecular formula is C25H16ClN3O10S. The average molecular weight is 586 g/mol. The van der Waals surface area contributed by atoms with Gasteiger partial charge in [0.1, 0.15) is 0 Å². The van der Waals surface area contributed by atoms with Gasteiger partial charge < -0.3 is 18.9 Å². The van der Waals surface area contributed by atoms with E-state index in [1.165, 1.54) is 19.3 Å². The molecule has 204 valence electrons. The Labute approximate surface area is 234 Å². The maximum Gasteiger partial charge on any atom is 0.318 e. The minimum Gasteiger partial charge on any atom is -0.493 e. The number of hydrogen-bond donors (Lipinski definition) is 0. The highest BCUT2D eigenvalue weighted by Crippen LogP contribution is 2.43. The summed E-state index contributed by atoms with van der Waals surface area (Å²) in [6, 6.07) is 10.7. The minimum atomic E-state index is -0.815. The highest BCUT2D eigenvalue weighted by atomic mass is 35.5. The van der Waals surface area contributed by atoms with Crippen LogP contribution in [0.5, 0.6) is 28.7 Å². The summed E-state index contributed by atoms with van der Waals surface area (Å²) in [7, 11) is 1.35. The number of imide groups is 1. The zero-order valence-corrected chi connectivity index (χ0v) is 21.9. The first kappa shape index (κ1) is 26.8. The van der Waals surface area contributed by atoms with Crippen molar-refractivity contribution in [3.8, 4) is 28.7 Å². The standard InChI is InChI=1S/C25H16ClN3O10S/c1-36-19-4-2-3-13(23(19)39-18-6-5-15(28(32)33)9-17(18)29(34)35)8-22-24(30)27(25(31)40-22)11-14-7-20-21(10-16(14)26)38-12-37-20/h2-10H,11-12H2,1H3/b22-8-. The lowest BCUT2D eigenvalue weighted by Gasteiger charge is -2.14. The lowest BCUT2D eigenvalue weighted by molar-refractivity contribution is -0.394. The molecule has 2 aliphatic rings. The fourth-order valence-corrected chi connectivity index (χ4v) is 4.95. The average Bonchev–Trinajstić information content (AvgIpc) is 3.48. The molecule has 0 aliphatic carbocycles. The number of fused-ring (bicyclic) bond motifs is 1. The number of nitrogens with zero attached hydrogens (tertiary/aromatic N) is 3. The van der Waals surface area contributed by atoms with Gasteiger partial charge in [0.25, 0.3) is 16.8 Å². The van der Waals surface area contributed by atoms with Gasteiger partial charge >= 0.3 is 5.69 Å². The second-order valence-electron chi connectivity index (χ2n) is 8.21. The van der Waals surface area contributed by atoms with E-state index in [0.29, 0.717) is 33.8 Å². The highest BCUT2D eigenvalue weighted by molar-refractivity contribution is 8.18. The molecule has 5 rings (SSSR count). The third-order valence-corrected chi connectivity index (χ3v) is 7.08. The van der Waals surface area contributed by atoms with Crippen molar-refractivity contribution in [1.29, 1.82) is 0 Å². The van der Waals surface area contributed by atoms with E-state index in [4.69, 9.17) is 30.5 Å². The molecule has 15 heteroatoms. The number of para-hydroxylation sites is 1. The SMILES string of the molecule is COc1cccc(/C=C2\SC(=O)N(Cc3cc4c(cc3Cl)OCO4)C2=O)c1Oc1ccc([N+](=O)[O-])cc1[N+](=O)[O-]. The van der Waals surface area contributed by atoms with Gasteiger partial charge in [-0.1, -0.05) is 23.7 Å². The Morgan fingerprint density at radius 3 is 2.50 bits per heavy atom. The van der Waals surface area contributed by atoms with E-state index < -0.39 is 32.4 Å². The molecule has 2 aliphatic heterocycles. The summed E-state index contributed by atoms with van der Waals surface area (Å²) < 4.78 is 21.8. The monoisotopic (exact) mass is 585 g/mol. The topological polar surface area (TPSA) is 161 Å². The summed E-state index contributed by atoms with van der Waals surface area (Å²) >= 11 is 7.01. The molecule has 0 unspecified atom stereocenters. The number of ether oxygens (including phenoxy) is 4. The van der Waals surface area contributed by atoms with Crippen LogP contribution >= 0.6 is 23.4 Å². The van der Waals surface area contributed by atoms with Crippen molar-refractivity contribution in [3.05, 3.63) is 89.8 Å². The van der Waals surface area contributed by atoms with Crippen molar-refractivity contribution >= 4 is 52.0 Å². The second kappa shape index (κ2) is 10.7. The molecule has 0 saturated carbocycles. The number of amides is 2. The summed E-state index contributed by atoms with van der Waals surface area (Å²) in [6.07, 6.45) is 1.39. The van der Waals surface area contributed by atoms with Gasteiger partial charge in [0, 0.05) is 22.7 Å². The number of halogens is 1. The Balaban J connectivity index is 1.47. The number of nitro groups is 2. The van der Waals surface area contributed by atoms with E-state index in [-0.39, 0.29) is 41.1 Å². The normalized spacial score (nSPS) is 15.1. The van der Waals surface area contributed by atoms with Crippen molar-refractivity contribution in [1.82, 2.24) is 4.90 Å². The molecule has 2 heterocycles. The van der Waals surface area contributed by atoms with Crippen LogP contribution in [0.3, 0.4) is 0 Å². The number of hydrogen-bond acceptors (Lipinski definition) is 11. The molecule has 3 aromatic carbocycles. The summed E-state index contributed by atoms with van der Waals surface area (Å²) in [5, 5.41) is 22.4. The van der Waals surface area contributed by atoms with E-state index in [9.17, 15) is 29.8 Å². The number of nitro benzene ring substituents is 2. The molecular weight excluding hydrogens is 570 g/mol. The van der Waals surface area contributed by atoms with Gasteiger partial charge in [-0.2, -0.15) is 0 Å². The first-order chi connectivity index (χ1) is 19.2. The highest BCUT2D eigenvalue weighted by Gasteiger charge is 2.36. The molecule has 1 saturated heterocycles. The van der Waals surface area contributed by atoms with Crippen LogP contribution in [-0.2, 0) is 11.3 Å². The number of carbonyl (C=O) groups excluding carboxylic acids is 2. The van der Waals surface area contributed by atoms with Crippen LogP contribution in [0.1, 0.15) is 11.1 Å². The lowest BCUT2D eigenvalue weighted by Crippen LogP contribution is -2.27. The molecule has 40 heavy (non-hydrogen) atoms. The van der Waals surface area contributed by atoms with Crippen LogP contribution in [-0.4, -0.2) is 39.8 Å². The van der Waals surface area contributed by atoms with E-state index in [1.807, 2.05) is 0 Å². The Morgan fingerprint density at radius 2 is 1.80 bits per heavy atom. The van der Waals surface area contributed by atoms with Gasteiger partial charge in [0.2, 0.25) is 12.5 Å². The Kier molecular flexibility index (Phi) is 7.19. The quantitative estimate of drug-likeness (QED) is 0.175. The maximum absolute atomic E-state index is 13.2. The van der Waals surface area contributed by atoms with Gasteiger partial charge in [-0.05, 0) is 41.6 Å². The van der Waals surface area contributed by atoms with Crippen LogP contribution in [0, 0.1) is 20.2 Å². The largest absolute Gasteiger partial charge is 0.493 e. The molecule has 2 amide bonds. The lowest BCUT2D eigenvalue weighted by atomic mass is 10.1. The predicted molar refractivity (Wildman–Crippen MR) is 142 cm³/mol. The van der Waals surface area contributed by atoms with Crippen LogP contribution in [0.2, 0.25) is 5.02 Å². The first-order valence-electron chi connectivity index (χ1n) is 11.3. The summed E-state index contributed by atoms with van der Waals surface area (Å²) in [4.78, 5) is 48.2. The zero-order valence-electron chi connectivity index (χ0n) is 20.3. The Morgan fingerprint density at radius 1 is 1.05 bits per heavy atom. The van der Waals surface area contributed by atoms with Crippen molar-refractivity contribution in [2.24, 2.45) is 0 Å². The van der Waals surface area contributed by atoms with Gasteiger partial charge in [0.05, 0.1) is 34.5 Å². The van der Waals surface area contributed by atoms with Crippen molar-refractivity contribution in [2.75, 3.05) is 13.9 Å². The zero-order chi connectivity index (χ0) is 28.6. The van der Waals surface area contributed by atoms with Crippen LogP contribution in [0.15, 0.2) is 53.4 Å². The number of benzene rings is 3. The predicted octanol–water partition coefficient (Wildman–Crippen LogP) is 5.92. The van der Waals surface area contributed by atoms with Gasteiger partial charge in [-0.25, -0.2) is 0 Å². The third-order valence-electron chi connectivity index (χ3n) is 5.82. The Bertz CT molecular complexity index is 1630. The van der Waals surface area contributed by atoms with Crippen molar-refractivity contribution in [2.45, 2.75) is 6.54 Å². The molecule has 0 aromatic heterocycles. The molecule has 13 nitrogen and oxygen atoms in total. The molecule has 0 bridgehead atoms. The molecule has 0 spiro atoms. The van der Waals surface area contributed by atoms with Crippen molar-refractivity contribution in [3.63, 3.8) is 0 Å². The summed E-state index contributed by atoms with van der Waals surface area (Å²) in [6.45, 7) is -0.0820. The van der Waals surface area contributed by atoms with Crippen molar-refractivity contribution < 1.29 is 38.4 Å². The molecule has 1 fully saturated rings. The van der Waals surface area contributed by atoms with Gasteiger partial charge in [-0.15, -0.1) is 0 Å². The minimum absolute atomic E-state index is 0.00688. The smallest absolute Gasteiger partial charge is 0.318 e. The van der Waals surface area contributed by atoms with Gasteiger partial charge in [-0.3, -0.25) is 34.7 Å². The number of methoxy groups -OCH3 is 1. The maximum atomic E-state index is 13.2.